The highest BCUT2D eigenvalue weighted by molar-refractivity contribution is 5.73. The number of hydrogen-bond donors (Lipinski definition) is 0. The van der Waals surface area contributed by atoms with Crippen LogP contribution in [0.1, 0.15) is 33.3 Å². The maximum atomic E-state index is 11.0. The first-order chi connectivity index (χ1) is 7.68. The third kappa shape index (κ3) is 2.99. The number of nitrogens with zero attached hydrogens (tertiary/aromatic N) is 1. The fourth-order valence-electron chi connectivity index (χ4n) is 1.24. The van der Waals surface area contributed by atoms with Gasteiger partial charge < -0.3 is 4.42 Å². The van der Waals surface area contributed by atoms with Crippen LogP contribution in [-0.2, 0) is 7.05 Å². The molecule has 0 atom stereocenters. The zero-order valence-corrected chi connectivity index (χ0v) is 11.0. The highest BCUT2D eigenvalue weighted by Crippen LogP contribution is 2.12. The minimum Gasteiger partial charge on any atom is -0.408 e. The standard InChI is InChI=1S/C9H9NO2.2C2H6/c1-6-3-4-7-8(5-6)12-9(11)10(7)2;2*1-2/h3-5H,1-2H3;2*1-2H3. The monoisotopic (exact) mass is 223 g/mol. The van der Waals surface area contributed by atoms with Gasteiger partial charge in [-0.3, -0.25) is 4.57 Å². The Hall–Kier alpha value is -1.51. The molecule has 0 saturated heterocycles. The molecule has 3 nitrogen and oxygen atoms in total. The van der Waals surface area contributed by atoms with Crippen molar-refractivity contribution < 1.29 is 4.42 Å². The number of hydrogen-bond acceptors (Lipinski definition) is 2. The van der Waals surface area contributed by atoms with Crippen LogP contribution in [0.4, 0.5) is 0 Å². The van der Waals surface area contributed by atoms with Crippen LogP contribution >= 0.6 is 0 Å². The quantitative estimate of drug-likeness (QED) is 0.685. The van der Waals surface area contributed by atoms with E-state index in [4.69, 9.17) is 4.42 Å². The maximum Gasteiger partial charge on any atom is 0.419 e. The van der Waals surface area contributed by atoms with Gasteiger partial charge in [0.15, 0.2) is 5.58 Å². The molecular formula is C13H21NO2. The van der Waals surface area contributed by atoms with Crippen LogP contribution in [0.5, 0.6) is 0 Å². The summed E-state index contributed by atoms with van der Waals surface area (Å²) in [5, 5.41) is 0. The first kappa shape index (κ1) is 14.5. The van der Waals surface area contributed by atoms with Crippen molar-refractivity contribution in [3.8, 4) is 0 Å². The normalized spacial score (nSPS) is 8.88. The number of rotatable bonds is 0. The summed E-state index contributed by atoms with van der Waals surface area (Å²) in [5.41, 5.74) is 2.59. The first-order valence-electron chi connectivity index (χ1n) is 5.74. The average molecular weight is 223 g/mol. The summed E-state index contributed by atoms with van der Waals surface area (Å²) < 4.78 is 6.48. The largest absolute Gasteiger partial charge is 0.419 e. The van der Waals surface area contributed by atoms with Gasteiger partial charge in [-0.25, -0.2) is 4.79 Å². The molecule has 0 amide bonds. The fraction of sp³-hybridized carbons (Fsp3) is 0.462. The van der Waals surface area contributed by atoms with Gasteiger partial charge in [0.2, 0.25) is 0 Å². The molecule has 0 spiro atoms. The van der Waals surface area contributed by atoms with Gasteiger partial charge >= 0.3 is 5.76 Å². The van der Waals surface area contributed by atoms with Crippen LogP contribution in [0.25, 0.3) is 11.1 Å². The van der Waals surface area contributed by atoms with E-state index in [1.807, 2.05) is 52.8 Å². The number of aromatic nitrogens is 1. The van der Waals surface area contributed by atoms with Crippen molar-refractivity contribution in [3.63, 3.8) is 0 Å². The summed E-state index contributed by atoms with van der Waals surface area (Å²) in [4.78, 5) is 11.0. The van der Waals surface area contributed by atoms with Gasteiger partial charge in [-0.05, 0) is 24.6 Å². The van der Waals surface area contributed by atoms with E-state index in [1.165, 1.54) is 4.57 Å². The van der Waals surface area contributed by atoms with E-state index in [-0.39, 0.29) is 5.76 Å². The molecule has 0 saturated carbocycles. The van der Waals surface area contributed by atoms with Crippen LogP contribution in [-0.4, -0.2) is 4.57 Å². The molecule has 0 aliphatic carbocycles. The molecule has 90 valence electrons. The summed E-state index contributed by atoms with van der Waals surface area (Å²) in [6.07, 6.45) is 0. The third-order valence-electron chi connectivity index (χ3n) is 1.95. The summed E-state index contributed by atoms with van der Waals surface area (Å²) in [7, 11) is 1.70. The van der Waals surface area contributed by atoms with E-state index >= 15 is 0 Å². The fourth-order valence-corrected chi connectivity index (χ4v) is 1.24. The molecule has 2 rings (SSSR count). The Morgan fingerprint density at radius 3 is 2.25 bits per heavy atom. The van der Waals surface area contributed by atoms with Crippen molar-refractivity contribution in [2.45, 2.75) is 34.6 Å². The lowest BCUT2D eigenvalue weighted by atomic mass is 10.2. The van der Waals surface area contributed by atoms with Crippen LogP contribution in [0.3, 0.4) is 0 Å². The second-order valence-corrected chi connectivity index (χ2v) is 2.90. The molecule has 2 aromatic rings. The van der Waals surface area contributed by atoms with Crippen LogP contribution in [0.15, 0.2) is 27.4 Å². The summed E-state index contributed by atoms with van der Waals surface area (Å²) in [6, 6.07) is 5.70. The highest BCUT2D eigenvalue weighted by atomic mass is 16.4. The number of aryl methyl sites for hydroxylation is 2. The predicted molar refractivity (Wildman–Crippen MR) is 68.9 cm³/mol. The van der Waals surface area contributed by atoms with Gasteiger partial charge in [-0.2, -0.15) is 0 Å². The molecule has 0 radical (unpaired) electrons. The van der Waals surface area contributed by atoms with Crippen LogP contribution < -0.4 is 5.76 Å². The van der Waals surface area contributed by atoms with Gasteiger partial charge in [0.05, 0.1) is 5.52 Å². The second-order valence-electron chi connectivity index (χ2n) is 2.90. The molecule has 0 fully saturated rings. The molecule has 0 unspecified atom stereocenters. The number of oxazole rings is 1. The van der Waals surface area contributed by atoms with E-state index in [0.717, 1.165) is 11.1 Å². The smallest absolute Gasteiger partial charge is 0.408 e. The van der Waals surface area contributed by atoms with Crippen LogP contribution in [0, 0.1) is 6.92 Å². The Kier molecular flexibility index (Phi) is 6.23. The molecule has 0 bridgehead atoms. The lowest BCUT2D eigenvalue weighted by Crippen LogP contribution is -2.08. The first-order valence-corrected chi connectivity index (χ1v) is 5.74. The zero-order chi connectivity index (χ0) is 12.7. The summed E-state index contributed by atoms with van der Waals surface area (Å²) in [6.45, 7) is 9.96. The van der Waals surface area contributed by atoms with Crippen molar-refractivity contribution in [3.05, 3.63) is 34.3 Å². The maximum absolute atomic E-state index is 11.0. The van der Waals surface area contributed by atoms with E-state index < -0.39 is 0 Å². The van der Waals surface area contributed by atoms with Gasteiger partial charge in [-0.15, -0.1) is 0 Å². The SMILES string of the molecule is CC.CC.Cc1ccc2c(c1)oc(=O)n2C. The number of fused-ring (bicyclic) bond motifs is 1. The lowest BCUT2D eigenvalue weighted by Gasteiger charge is -1.91. The van der Waals surface area contributed by atoms with E-state index in [2.05, 4.69) is 0 Å². The van der Waals surface area contributed by atoms with Crippen molar-refractivity contribution in [1.29, 1.82) is 0 Å². The molecule has 0 N–H and O–H groups in total. The minimum atomic E-state index is -0.310. The molecule has 3 heteroatoms. The van der Waals surface area contributed by atoms with Crippen molar-refractivity contribution >= 4 is 11.1 Å². The van der Waals surface area contributed by atoms with E-state index in [1.54, 1.807) is 7.05 Å². The Morgan fingerprint density at radius 1 is 1.12 bits per heavy atom. The molecule has 1 heterocycles. The lowest BCUT2D eigenvalue weighted by molar-refractivity contribution is 0.528. The summed E-state index contributed by atoms with van der Waals surface area (Å²) in [5.74, 6) is -0.310. The molecule has 0 aliphatic heterocycles. The second kappa shape index (κ2) is 6.88. The topological polar surface area (TPSA) is 35.1 Å². The molecular weight excluding hydrogens is 202 g/mol. The Bertz CT molecular complexity index is 480. The van der Waals surface area contributed by atoms with E-state index in [9.17, 15) is 4.79 Å². The molecule has 1 aromatic heterocycles. The molecule has 1 aromatic carbocycles. The average Bonchev–Trinajstić information content (AvgIpc) is 2.60. The number of benzene rings is 1. The predicted octanol–water partition coefficient (Wildman–Crippen LogP) is 3.49. The Morgan fingerprint density at radius 2 is 1.69 bits per heavy atom. The van der Waals surface area contributed by atoms with Gasteiger partial charge in [-0.1, -0.05) is 33.8 Å². The van der Waals surface area contributed by atoms with Gasteiger partial charge in [0.25, 0.3) is 0 Å². The highest BCUT2D eigenvalue weighted by Gasteiger charge is 2.03. The Balaban J connectivity index is 0.000000509. The molecule has 16 heavy (non-hydrogen) atoms. The minimum absolute atomic E-state index is 0.310. The van der Waals surface area contributed by atoms with Crippen molar-refractivity contribution in [1.82, 2.24) is 4.57 Å². The third-order valence-corrected chi connectivity index (χ3v) is 1.95. The van der Waals surface area contributed by atoms with Gasteiger partial charge in [0, 0.05) is 7.05 Å². The Labute approximate surface area is 96.7 Å². The molecule has 0 aliphatic rings. The van der Waals surface area contributed by atoms with Crippen LogP contribution in [0.2, 0.25) is 0 Å². The summed E-state index contributed by atoms with van der Waals surface area (Å²) >= 11 is 0. The van der Waals surface area contributed by atoms with Crippen molar-refractivity contribution in [2.24, 2.45) is 7.05 Å². The van der Waals surface area contributed by atoms with Crippen molar-refractivity contribution in [2.75, 3.05) is 0 Å². The zero-order valence-electron chi connectivity index (χ0n) is 11.0. The van der Waals surface area contributed by atoms with E-state index in [0.29, 0.717) is 5.58 Å². The van der Waals surface area contributed by atoms with Gasteiger partial charge in [0.1, 0.15) is 0 Å².